The highest BCUT2D eigenvalue weighted by atomic mass is 32.2. The van der Waals surface area contributed by atoms with Gasteiger partial charge in [-0.25, -0.2) is 8.42 Å². The second kappa shape index (κ2) is 8.23. The Bertz CT molecular complexity index is 894. The third kappa shape index (κ3) is 4.98. The SMILES string of the molecule is Cc1ccc(OCCNC(=O)c2ccccc2N(C)S(C)(=O)=O)cc1C. The lowest BCUT2D eigenvalue weighted by atomic mass is 10.1. The van der Waals surface area contributed by atoms with E-state index in [2.05, 4.69) is 5.32 Å². The molecule has 0 atom stereocenters. The lowest BCUT2D eigenvalue weighted by Crippen LogP contribution is -2.31. The average molecular weight is 376 g/mol. The second-order valence-corrected chi connectivity index (χ2v) is 8.11. The van der Waals surface area contributed by atoms with E-state index in [4.69, 9.17) is 4.74 Å². The van der Waals surface area contributed by atoms with Crippen molar-refractivity contribution in [2.24, 2.45) is 0 Å². The molecule has 0 saturated heterocycles. The Kier molecular flexibility index (Phi) is 6.26. The van der Waals surface area contributed by atoms with E-state index in [0.717, 1.165) is 21.9 Å². The van der Waals surface area contributed by atoms with Crippen LogP contribution in [0.1, 0.15) is 21.5 Å². The molecule has 0 spiro atoms. The summed E-state index contributed by atoms with van der Waals surface area (Å²) in [5.74, 6) is 0.402. The Morgan fingerprint density at radius 1 is 1.12 bits per heavy atom. The van der Waals surface area contributed by atoms with Gasteiger partial charge < -0.3 is 10.1 Å². The molecule has 0 aliphatic carbocycles. The van der Waals surface area contributed by atoms with E-state index in [1.54, 1.807) is 24.3 Å². The number of nitrogens with zero attached hydrogens (tertiary/aromatic N) is 1. The van der Waals surface area contributed by atoms with Gasteiger partial charge in [-0.05, 0) is 49.2 Å². The summed E-state index contributed by atoms with van der Waals surface area (Å²) >= 11 is 0. The predicted molar refractivity (Wildman–Crippen MR) is 103 cm³/mol. The number of benzene rings is 2. The summed E-state index contributed by atoms with van der Waals surface area (Å²) < 4.78 is 30.2. The molecule has 0 aliphatic heterocycles. The van der Waals surface area contributed by atoms with Crippen LogP contribution in [-0.4, -0.2) is 40.8 Å². The van der Waals surface area contributed by atoms with Crippen LogP contribution in [0.4, 0.5) is 5.69 Å². The Hall–Kier alpha value is -2.54. The molecule has 7 heteroatoms. The van der Waals surface area contributed by atoms with Crippen molar-refractivity contribution in [1.29, 1.82) is 0 Å². The summed E-state index contributed by atoms with van der Waals surface area (Å²) in [7, 11) is -2.03. The first-order valence-electron chi connectivity index (χ1n) is 8.21. The summed E-state index contributed by atoms with van der Waals surface area (Å²) in [6.07, 6.45) is 1.10. The van der Waals surface area contributed by atoms with E-state index < -0.39 is 10.0 Å². The van der Waals surface area contributed by atoms with Crippen molar-refractivity contribution in [2.75, 3.05) is 30.8 Å². The first kappa shape index (κ1) is 19.8. The van der Waals surface area contributed by atoms with Crippen molar-refractivity contribution in [3.05, 3.63) is 59.2 Å². The van der Waals surface area contributed by atoms with Crippen LogP contribution in [0.15, 0.2) is 42.5 Å². The molecule has 1 N–H and O–H groups in total. The summed E-state index contributed by atoms with van der Waals surface area (Å²) in [5, 5.41) is 2.76. The van der Waals surface area contributed by atoms with Gasteiger partial charge in [0.25, 0.3) is 5.91 Å². The number of nitrogens with one attached hydrogen (secondary N) is 1. The van der Waals surface area contributed by atoms with Crippen molar-refractivity contribution in [3.63, 3.8) is 0 Å². The minimum Gasteiger partial charge on any atom is -0.492 e. The smallest absolute Gasteiger partial charge is 0.253 e. The molecular formula is C19H24N2O4S. The maximum Gasteiger partial charge on any atom is 0.253 e. The van der Waals surface area contributed by atoms with Crippen LogP contribution in [0.3, 0.4) is 0 Å². The topological polar surface area (TPSA) is 75.7 Å². The van der Waals surface area contributed by atoms with Crippen LogP contribution in [0.5, 0.6) is 5.75 Å². The number of sulfonamides is 1. The number of hydrogen-bond acceptors (Lipinski definition) is 4. The zero-order valence-electron chi connectivity index (χ0n) is 15.4. The van der Waals surface area contributed by atoms with Gasteiger partial charge in [0.2, 0.25) is 10.0 Å². The molecular weight excluding hydrogens is 352 g/mol. The maximum absolute atomic E-state index is 12.4. The standard InChI is InChI=1S/C19H24N2O4S/c1-14-9-10-16(13-15(14)2)25-12-11-20-19(22)17-7-5-6-8-18(17)21(3)26(4,23)24/h5-10,13H,11-12H2,1-4H3,(H,20,22). The minimum atomic E-state index is -3.45. The van der Waals surface area contributed by atoms with Gasteiger partial charge in [0, 0.05) is 7.05 Å². The molecule has 0 heterocycles. The summed E-state index contributed by atoms with van der Waals surface area (Å²) in [5.41, 5.74) is 2.97. The lowest BCUT2D eigenvalue weighted by molar-refractivity contribution is 0.0947. The zero-order valence-corrected chi connectivity index (χ0v) is 16.3. The average Bonchev–Trinajstić information content (AvgIpc) is 2.60. The van der Waals surface area contributed by atoms with Gasteiger partial charge >= 0.3 is 0 Å². The highest BCUT2D eigenvalue weighted by Crippen LogP contribution is 2.21. The van der Waals surface area contributed by atoms with Gasteiger partial charge in [0.1, 0.15) is 12.4 Å². The molecule has 0 saturated carbocycles. The van der Waals surface area contributed by atoms with E-state index in [1.165, 1.54) is 12.6 Å². The third-order valence-electron chi connectivity index (χ3n) is 4.12. The van der Waals surface area contributed by atoms with E-state index in [9.17, 15) is 13.2 Å². The number of carbonyl (C=O) groups excluding carboxylic acids is 1. The van der Waals surface area contributed by atoms with Crippen LogP contribution in [0.2, 0.25) is 0 Å². The zero-order chi connectivity index (χ0) is 19.3. The number of carbonyl (C=O) groups is 1. The van der Waals surface area contributed by atoms with Crippen molar-refractivity contribution in [3.8, 4) is 5.75 Å². The fourth-order valence-corrected chi connectivity index (χ4v) is 2.87. The number of ether oxygens (including phenoxy) is 1. The molecule has 2 aromatic rings. The monoisotopic (exact) mass is 376 g/mol. The molecule has 26 heavy (non-hydrogen) atoms. The number of aryl methyl sites for hydroxylation is 2. The van der Waals surface area contributed by atoms with Gasteiger partial charge in [0.15, 0.2) is 0 Å². The van der Waals surface area contributed by atoms with Gasteiger partial charge in [-0.2, -0.15) is 0 Å². The molecule has 2 aromatic carbocycles. The highest BCUT2D eigenvalue weighted by Gasteiger charge is 2.19. The molecule has 0 bridgehead atoms. The lowest BCUT2D eigenvalue weighted by Gasteiger charge is -2.19. The molecule has 0 fully saturated rings. The van der Waals surface area contributed by atoms with Crippen LogP contribution in [0.25, 0.3) is 0 Å². The number of amides is 1. The highest BCUT2D eigenvalue weighted by molar-refractivity contribution is 7.92. The molecule has 2 rings (SSSR count). The molecule has 0 radical (unpaired) electrons. The molecule has 140 valence electrons. The van der Waals surface area contributed by atoms with Crippen LogP contribution >= 0.6 is 0 Å². The van der Waals surface area contributed by atoms with Gasteiger partial charge in [-0.1, -0.05) is 18.2 Å². The molecule has 6 nitrogen and oxygen atoms in total. The molecule has 0 unspecified atom stereocenters. The van der Waals surface area contributed by atoms with E-state index in [1.807, 2.05) is 32.0 Å². The van der Waals surface area contributed by atoms with Gasteiger partial charge in [0.05, 0.1) is 24.1 Å². The van der Waals surface area contributed by atoms with Gasteiger partial charge in [-0.15, -0.1) is 0 Å². The van der Waals surface area contributed by atoms with Crippen LogP contribution < -0.4 is 14.4 Å². The van der Waals surface area contributed by atoms with Crippen molar-refractivity contribution < 1.29 is 17.9 Å². The van der Waals surface area contributed by atoms with E-state index >= 15 is 0 Å². The molecule has 1 amide bonds. The Balaban J connectivity index is 1.97. The first-order chi connectivity index (χ1) is 12.2. The molecule has 0 aliphatic rings. The predicted octanol–water partition coefficient (Wildman–Crippen LogP) is 2.51. The minimum absolute atomic E-state index is 0.298. The number of rotatable bonds is 7. The second-order valence-electron chi connectivity index (χ2n) is 6.10. The third-order valence-corrected chi connectivity index (χ3v) is 5.31. The first-order valence-corrected chi connectivity index (χ1v) is 10.1. The van der Waals surface area contributed by atoms with E-state index in [0.29, 0.717) is 24.4 Å². The van der Waals surface area contributed by atoms with Gasteiger partial charge in [-0.3, -0.25) is 9.10 Å². The molecule has 0 aromatic heterocycles. The number of hydrogen-bond donors (Lipinski definition) is 1. The van der Waals surface area contributed by atoms with Crippen molar-refractivity contribution >= 4 is 21.6 Å². The van der Waals surface area contributed by atoms with Crippen LogP contribution in [0, 0.1) is 13.8 Å². The largest absolute Gasteiger partial charge is 0.492 e. The summed E-state index contributed by atoms with van der Waals surface area (Å²) in [6, 6.07) is 12.4. The Morgan fingerprint density at radius 3 is 2.46 bits per heavy atom. The number of anilines is 1. The fraction of sp³-hybridized carbons (Fsp3) is 0.316. The Morgan fingerprint density at radius 2 is 1.81 bits per heavy atom. The summed E-state index contributed by atoms with van der Waals surface area (Å²) in [6.45, 7) is 4.67. The van der Waals surface area contributed by atoms with E-state index in [-0.39, 0.29) is 5.91 Å². The quantitative estimate of drug-likeness (QED) is 0.754. The maximum atomic E-state index is 12.4. The fourth-order valence-electron chi connectivity index (χ4n) is 2.35. The summed E-state index contributed by atoms with van der Waals surface area (Å²) in [4.78, 5) is 12.4. The number of para-hydroxylation sites is 1. The normalized spacial score (nSPS) is 11.1. The van der Waals surface area contributed by atoms with Crippen molar-refractivity contribution in [2.45, 2.75) is 13.8 Å². The van der Waals surface area contributed by atoms with Crippen LogP contribution in [-0.2, 0) is 10.0 Å². The Labute approximate surface area is 154 Å². The van der Waals surface area contributed by atoms with Crippen molar-refractivity contribution in [1.82, 2.24) is 5.32 Å².